The van der Waals surface area contributed by atoms with Gasteiger partial charge in [-0.05, 0) is 31.5 Å². The summed E-state index contributed by atoms with van der Waals surface area (Å²) in [5.41, 5.74) is 1.62. The first kappa shape index (κ1) is 11.6. The molecule has 3 rings (SSSR count). The van der Waals surface area contributed by atoms with Gasteiger partial charge in [-0.3, -0.25) is 4.57 Å². The summed E-state index contributed by atoms with van der Waals surface area (Å²) in [6.45, 7) is 2.19. The van der Waals surface area contributed by atoms with Gasteiger partial charge in [0.15, 0.2) is 10.4 Å². The third-order valence-corrected chi connectivity index (χ3v) is 3.78. The normalized spacial score (nSPS) is 17.0. The fourth-order valence-electron chi connectivity index (χ4n) is 2.42. The van der Waals surface area contributed by atoms with Crippen molar-refractivity contribution in [1.82, 2.24) is 19.5 Å². The van der Waals surface area contributed by atoms with Crippen LogP contribution >= 0.6 is 12.2 Å². The number of hydrogen-bond donors (Lipinski definition) is 1. The topological polar surface area (TPSA) is 55.7 Å². The van der Waals surface area contributed by atoms with Crippen molar-refractivity contribution in [2.75, 3.05) is 7.11 Å². The number of hydrogen-bond acceptors (Lipinski definition) is 4. The Bertz CT molecular complexity index is 629. The van der Waals surface area contributed by atoms with Gasteiger partial charge in [-0.25, -0.2) is 4.98 Å². The van der Waals surface area contributed by atoms with Gasteiger partial charge in [-0.15, -0.1) is 0 Å². The average molecular weight is 264 g/mol. The summed E-state index contributed by atoms with van der Waals surface area (Å²) < 4.78 is 8.00. The summed E-state index contributed by atoms with van der Waals surface area (Å²) in [5.74, 6) is 1.40. The highest BCUT2D eigenvalue weighted by Gasteiger charge is 2.25. The molecule has 1 atom stereocenters. The molecule has 0 radical (unpaired) electrons. The van der Waals surface area contributed by atoms with Crippen molar-refractivity contribution in [2.45, 2.75) is 32.2 Å². The van der Waals surface area contributed by atoms with Crippen LogP contribution in [0.25, 0.3) is 11.2 Å². The van der Waals surface area contributed by atoms with Gasteiger partial charge in [-0.2, -0.15) is 4.98 Å². The number of nitrogens with one attached hydrogen (secondary N) is 1. The lowest BCUT2D eigenvalue weighted by Gasteiger charge is -2.13. The molecule has 1 saturated carbocycles. The minimum atomic E-state index is 0.360. The fourth-order valence-corrected chi connectivity index (χ4v) is 2.79. The highest BCUT2D eigenvalue weighted by molar-refractivity contribution is 7.71. The molecular weight excluding hydrogens is 248 g/mol. The summed E-state index contributed by atoms with van der Waals surface area (Å²) in [7, 11) is 1.60. The Hall–Kier alpha value is -1.43. The maximum atomic E-state index is 5.39. The van der Waals surface area contributed by atoms with Crippen LogP contribution in [0.5, 0.6) is 5.88 Å². The molecule has 0 spiro atoms. The van der Waals surface area contributed by atoms with Gasteiger partial charge in [-0.1, -0.05) is 12.8 Å². The Labute approximate surface area is 110 Å². The van der Waals surface area contributed by atoms with Gasteiger partial charge in [0, 0.05) is 6.04 Å². The molecule has 0 bridgehead atoms. The molecular formula is C12H16N4OS. The van der Waals surface area contributed by atoms with Crippen molar-refractivity contribution in [3.05, 3.63) is 11.1 Å². The van der Waals surface area contributed by atoms with Crippen LogP contribution < -0.4 is 4.74 Å². The highest BCUT2D eigenvalue weighted by atomic mass is 32.1. The third-order valence-electron chi connectivity index (χ3n) is 3.48. The molecule has 1 N–H and O–H groups in total. The lowest BCUT2D eigenvalue weighted by Crippen LogP contribution is -2.07. The molecule has 1 aliphatic rings. The average Bonchev–Trinajstić information content (AvgIpc) is 3.08. The van der Waals surface area contributed by atoms with Gasteiger partial charge in [0.05, 0.1) is 7.11 Å². The summed E-state index contributed by atoms with van der Waals surface area (Å²) in [6.07, 6.45) is 5.37. The van der Waals surface area contributed by atoms with Crippen LogP contribution in [0.1, 0.15) is 32.2 Å². The second-order valence-corrected chi connectivity index (χ2v) is 5.30. The van der Waals surface area contributed by atoms with Crippen LogP contribution in [-0.4, -0.2) is 26.6 Å². The minimum Gasteiger partial charge on any atom is -0.479 e. The smallest absolute Gasteiger partial charge is 0.242 e. The Morgan fingerprint density at radius 2 is 2.33 bits per heavy atom. The van der Waals surface area contributed by atoms with Crippen molar-refractivity contribution in [1.29, 1.82) is 0 Å². The SMILES string of the molecule is COc1ncnc2c1[nH]c(=S)n2C(C)CC1CC1. The number of aromatic amines is 1. The molecule has 1 fully saturated rings. The first-order chi connectivity index (χ1) is 8.70. The highest BCUT2D eigenvalue weighted by Crippen LogP contribution is 2.37. The zero-order valence-electron chi connectivity index (χ0n) is 10.5. The second kappa shape index (κ2) is 4.35. The maximum absolute atomic E-state index is 5.39. The molecule has 1 aliphatic carbocycles. The molecule has 2 heterocycles. The number of H-pyrrole nitrogens is 1. The second-order valence-electron chi connectivity index (χ2n) is 4.91. The van der Waals surface area contributed by atoms with E-state index in [0.717, 1.165) is 23.5 Å². The number of imidazole rings is 1. The molecule has 0 aromatic carbocycles. The van der Waals surface area contributed by atoms with Crippen molar-refractivity contribution in [3.63, 3.8) is 0 Å². The molecule has 5 nitrogen and oxygen atoms in total. The molecule has 18 heavy (non-hydrogen) atoms. The fraction of sp³-hybridized carbons (Fsp3) is 0.583. The number of rotatable bonds is 4. The zero-order valence-corrected chi connectivity index (χ0v) is 11.3. The largest absolute Gasteiger partial charge is 0.479 e. The quantitative estimate of drug-likeness (QED) is 0.863. The summed E-state index contributed by atoms with van der Waals surface area (Å²) in [4.78, 5) is 11.6. The van der Waals surface area contributed by atoms with Gasteiger partial charge in [0.2, 0.25) is 5.88 Å². The Morgan fingerprint density at radius 1 is 1.56 bits per heavy atom. The van der Waals surface area contributed by atoms with Crippen LogP contribution in [0.4, 0.5) is 0 Å². The van der Waals surface area contributed by atoms with Gasteiger partial charge in [0.1, 0.15) is 11.8 Å². The van der Waals surface area contributed by atoms with E-state index < -0.39 is 0 Å². The van der Waals surface area contributed by atoms with E-state index in [2.05, 4.69) is 26.4 Å². The lowest BCUT2D eigenvalue weighted by molar-refractivity contribution is 0.401. The van der Waals surface area contributed by atoms with Gasteiger partial charge < -0.3 is 9.72 Å². The van der Waals surface area contributed by atoms with Crippen molar-refractivity contribution < 1.29 is 4.74 Å². The number of ether oxygens (including phenoxy) is 1. The summed E-state index contributed by atoms with van der Waals surface area (Å²) in [6, 6.07) is 0.360. The first-order valence-electron chi connectivity index (χ1n) is 6.20. The Morgan fingerprint density at radius 3 is 3.00 bits per heavy atom. The van der Waals surface area contributed by atoms with E-state index in [4.69, 9.17) is 17.0 Å². The van der Waals surface area contributed by atoms with Gasteiger partial charge in [0.25, 0.3) is 0 Å². The molecule has 0 saturated heterocycles. The van der Waals surface area contributed by atoms with E-state index in [-0.39, 0.29) is 0 Å². The van der Waals surface area contributed by atoms with Crippen molar-refractivity contribution >= 4 is 23.4 Å². The van der Waals surface area contributed by atoms with E-state index in [1.54, 1.807) is 7.11 Å². The monoisotopic (exact) mass is 264 g/mol. The first-order valence-corrected chi connectivity index (χ1v) is 6.60. The molecule has 2 aromatic heterocycles. The van der Waals surface area contributed by atoms with E-state index in [0.29, 0.717) is 16.7 Å². The summed E-state index contributed by atoms with van der Waals surface area (Å²) in [5, 5.41) is 0. The zero-order chi connectivity index (χ0) is 12.7. The molecule has 96 valence electrons. The minimum absolute atomic E-state index is 0.360. The van der Waals surface area contributed by atoms with Crippen LogP contribution in [-0.2, 0) is 0 Å². The molecule has 2 aromatic rings. The number of aromatic nitrogens is 4. The molecule has 6 heteroatoms. The molecule has 0 amide bonds. The van der Waals surface area contributed by atoms with E-state index in [1.165, 1.54) is 19.2 Å². The number of nitrogens with zero attached hydrogens (tertiary/aromatic N) is 3. The van der Waals surface area contributed by atoms with Crippen LogP contribution in [0.15, 0.2) is 6.33 Å². The predicted molar refractivity (Wildman–Crippen MR) is 71.3 cm³/mol. The maximum Gasteiger partial charge on any atom is 0.242 e. The number of fused-ring (bicyclic) bond motifs is 1. The lowest BCUT2D eigenvalue weighted by atomic mass is 10.1. The Kier molecular flexibility index (Phi) is 2.81. The Balaban J connectivity index is 2.10. The van der Waals surface area contributed by atoms with Crippen molar-refractivity contribution in [2.24, 2.45) is 5.92 Å². The predicted octanol–water partition coefficient (Wildman–Crippen LogP) is 2.86. The van der Waals surface area contributed by atoms with Crippen LogP contribution in [0, 0.1) is 10.7 Å². The van der Waals surface area contributed by atoms with Gasteiger partial charge >= 0.3 is 0 Å². The van der Waals surface area contributed by atoms with Crippen LogP contribution in [0.2, 0.25) is 0 Å². The van der Waals surface area contributed by atoms with E-state index in [1.807, 2.05) is 0 Å². The third kappa shape index (κ3) is 1.90. The van der Waals surface area contributed by atoms with Crippen LogP contribution in [0.3, 0.4) is 0 Å². The standard InChI is InChI=1S/C12H16N4OS/c1-7(5-8-3-4-8)16-10-9(15-12(16)18)11(17-2)14-6-13-10/h6-8H,3-5H2,1-2H3,(H,15,18). The van der Waals surface area contributed by atoms with E-state index in [9.17, 15) is 0 Å². The summed E-state index contributed by atoms with van der Waals surface area (Å²) >= 11 is 5.39. The van der Waals surface area contributed by atoms with Crippen molar-refractivity contribution in [3.8, 4) is 5.88 Å². The number of methoxy groups -OCH3 is 1. The molecule has 0 aliphatic heterocycles. The van der Waals surface area contributed by atoms with E-state index >= 15 is 0 Å². The molecule has 1 unspecified atom stereocenters.